The molecule has 2 fully saturated rings. The number of nitrogens with one attached hydrogen (secondary N) is 2. The fraction of sp³-hybridized carbons (Fsp3) is 0.476. The topological polar surface area (TPSA) is 76.1 Å². The lowest BCUT2D eigenvalue weighted by Crippen LogP contribution is -2.51. The highest BCUT2D eigenvalue weighted by Gasteiger charge is 2.43. The Balaban J connectivity index is 1.64. The number of nitrogens with zero attached hydrogens (tertiary/aromatic N) is 2. The van der Waals surface area contributed by atoms with Crippen molar-refractivity contribution in [3.8, 4) is 17.0 Å². The smallest absolute Gasteiger partial charge is 0.221 e. The summed E-state index contributed by atoms with van der Waals surface area (Å²) in [5, 5.41) is 6.49. The summed E-state index contributed by atoms with van der Waals surface area (Å²) >= 11 is 0. The van der Waals surface area contributed by atoms with Crippen molar-refractivity contribution in [2.24, 2.45) is 0 Å². The second-order valence-corrected chi connectivity index (χ2v) is 7.62. The van der Waals surface area contributed by atoms with Gasteiger partial charge in [0.25, 0.3) is 0 Å². The summed E-state index contributed by atoms with van der Waals surface area (Å²) in [6.45, 7) is 4.98. The van der Waals surface area contributed by atoms with E-state index in [2.05, 4.69) is 20.6 Å². The van der Waals surface area contributed by atoms with Crippen molar-refractivity contribution in [2.45, 2.75) is 51.1 Å². The molecule has 28 heavy (non-hydrogen) atoms. The van der Waals surface area contributed by atoms with Crippen LogP contribution in [-0.2, 0) is 4.79 Å². The molecule has 1 aromatic heterocycles. The number of amides is 1. The first-order chi connectivity index (χ1) is 13.5. The van der Waals surface area contributed by atoms with E-state index in [9.17, 15) is 9.18 Å². The highest BCUT2D eigenvalue weighted by molar-refractivity contribution is 5.78. The van der Waals surface area contributed by atoms with E-state index in [1.165, 1.54) is 6.07 Å². The Morgan fingerprint density at radius 3 is 2.93 bits per heavy atom. The molecule has 148 valence electrons. The Morgan fingerprint density at radius 1 is 1.29 bits per heavy atom. The number of rotatable bonds is 4. The lowest BCUT2D eigenvalue weighted by atomic mass is 9.87. The number of halogens is 1. The standard InChI is InChI=1S/C21H25FN4O2/c1-3-28-14-4-5-16(22)15(11-14)18-10-13(2)24-20(25-18)17-6-7-21(26-17)8-9-23-19(27)12-21/h4-5,10-11,17,26H,3,6-9,12H2,1-2H3,(H,23,27)/t17-,21-/m0/s1. The first kappa shape index (κ1) is 18.8. The zero-order valence-corrected chi connectivity index (χ0v) is 16.2. The summed E-state index contributed by atoms with van der Waals surface area (Å²) in [4.78, 5) is 21.1. The first-order valence-electron chi connectivity index (χ1n) is 9.81. The number of carbonyl (C=O) groups is 1. The van der Waals surface area contributed by atoms with E-state index in [0.29, 0.717) is 42.4 Å². The number of ether oxygens (including phenoxy) is 1. The van der Waals surface area contributed by atoms with Gasteiger partial charge in [0.05, 0.1) is 18.3 Å². The fourth-order valence-electron chi connectivity index (χ4n) is 4.21. The van der Waals surface area contributed by atoms with E-state index in [0.717, 1.165) is 25.0 Å². The maximum Gasteiger partial charge on any atom is 0.221 e. The van der Waals surface area contributed by atoms with E-state index >= 15 is 0 Å². The molecule has 0 saturated carbocycles. The Bertz CT molecular complexity index is 904. The molecule has 0 aliphatic carbocycles. The molecule has 0 bridgehead atoms. The van der Waals surface area contributed by atoms with Crippen molar-refractivity contribution in [1.29, 1.82) is 0 Å². The van der Waals surface area contributed by atoms with Gasteiger partial charge in [-0.05, 0) is 57.4 Å². The van der Waals surface area contributed by atoms with Gasteiger partial charge in [0.2, 0.25) is 5.91 Å². The van der Waals surface area contributed by atoms with Crippen LogP contribution in [0, 0.1) is 12.7 Å². The average Bonchev–Trinajstić information content (AvgIpc) is 3.06. The van der Waals surface area contributed by atoms with Crippen molar-refractivity contribution in [3.63, 3.8) is 0 Å². The molecule has 2 atom stereocenters. The number of benzene rings is 1. The highest BCUT2D eigenvalue weighted by atomic mass is 19.1. The van der Waals surface area contributed by atoms with Gasteiger partial charge >= 0.3 is 0 Å². The number of carbonyl (C=O) groups excluding carboxylic acids is 1. The molecule has 2 aliphatic rings. The van der Waals surface area contributed by atoms with Gasteiger partial charge in [-0.2, -0.15) is 0 Å². The van der Waals surface area contributed by atoms with Crippen LogP contribution in [0.3, 0.4) is 0 Å². The summed E-state index contributed by atoms with van der Waals surface area (Å²) in [6.07, 6.45) is 3.15. The van der Waals surface area contributed by atoms with Gasteiger partial charge in [-0.1, -0.05) is 0 Å². The molecule has 2 N–H and O–H groups in total. The molecule has 2 aromatic rings. The Labute approximate surface area is 163 Å². The monoisotopic (exact) mass is 384 g/mol. The third-order valence-corrected chi connectivity index (χ3v) is 5.52. The van der Waals surface area contributed by atoms with Crippen LogP contribution in [0.15, 0.2) is 24.3 Å². The molecule has 1 amide bonds. The Kier molecular flexibility index (Phi) is 5.02. The van der Waals surface area contributed by atoms with Crippen LogP contribution >= 0.6 is 0 Å². The van der Waals surface area contributed by atoms with Gasteiger partial charge in [0, 0.05) is 29.8 Å². The summed E-state index contributed by atoms with van der Waals surface area (Å²) < 4.78 is 20.0. The summed E-state index contributed by atoms with van der Waals surface area (Å²) in [5.41, 5.74) is 1.55. The average molecular weight is 384 g/mol. The predicted octanol–water partition coefficient (Wildman–Crippen LogP) is 3.06. The van der Waals surface area contributed by atoms with Crippen LogP contribution in [0.4, 0.5) is 4.39 Å². The SMILES string of the molecule is CCOc1ccc(F)c(-c2cc(C)nc([C@@H]3CC[C@@]4(CCNC(=O)C4)N3)n2)c1. The molecule has 0 unspecified atom stereocenters. The Hall–Kier alpha value is -2.54. The minimum absolute atomic E-state index is 0.0392. The third kappa shape index (κ3) is 3.71. The third-order valence-electron chi connectivity index (χ3n) is 5.52. The van der Waals surface area contributed by atoms with Gasteiger partial charge < -0.3 is 15.4 Å². The molecular formula is C21H25FN4O2. The number of piperidine rings is 1. The first-order valence-corrected chi connectivity index (χ1v) is 9.81. The molecule has 2 aliphatic heterocycles. The summed E-state index contributed by atoms with van der Waals surface area (Å²) in [7, 11) is 0. The van der Waals surface area contributed by atoms with Gasteiger partial charge in [-0.15, -0.1) is 0 Å². The van der Waals surface area contributed by atoms with Crippen LogP contribution in [0.1, 0.15) is 50.2 Å². The van der Waals surface area contributed by atoms with Gasteiger partial charge in [0.15, 0.2) is 0 Å². The molecule has 2 saturated heterocycles. The van der Waals surface area contributed by atoms with Crippen molar-refractivity contribution < 1.29 is 13.9 Å². The van der Waals surface area contributed by atoms with Crippen LogP contribution in [0.2, 0.25) is 0 Å². The van der Waals surface area contributed by atoms with Crippen LogP contribution in [0.25, 0.3) is 11.3 Å². The number of hydrogen-bond donors (Lipinski definition) is 2. The number of aryl methyl sites for hydroxylation is 1. The lowest BCUT2D eigenvalue weighted by Gasteiger charge is -2.34. The molecule has 1 aromatic carbocycles. The van der Waals surface area contributed by atoms with Gasteiger partial charge in [0.1, 0.15) is 17.4 Å². The summed E-state index contributed by atoms with van der Waals surface area (Å²) in [6, 6.07) is 6.45. The largest absolute Gasteiger partial charge is 0.494 e. The highest BCUT2D eigenvalue weighted by Crippen LogP contribution is 2.38. The normalized spacial score (nSPS) is 24.4. The molecule has 7 heteroatoms. The second-order valence-electron chi connectivity index (χ2n) is 7.62. The number of aromatic nitrogens is 2. The predicted molar refractivity (Wildman–Crippen MR) is 103 cm³/mol. The van der Waals surface area contributed by atoms with E-state index in [1.807, 2.05) is 13.8 Å². The van der Waals surface area contributed by atoms with Crippen molar-refractivity contribution in [2.75, 3.05) is 13.2 Å². The number of hydrogen-bond acceptors (Lipinski definition) is 5. The lowest BCUT2D eigenvalue weighted by molar-refractivity contribution is -0.124. The minimum atomic E-state index is -0.340. The van der Waals surface area contributed by atoms with Gasteiger partial charge in [-0.3, -0.25) is 4.79 Å². The Morgan fingerprint density at radius 2 is 2.14 bits per heavy atom. The molecule has 6 nitrogen and oxygen atoms in total. The quantitative estimate of drug-likeness (QED) is 0.847. The van der Waals surface area contributed by atoms with E-state index in [-0.39, 0.29) is 23.3 Å². The maximum absolute atomic E-state index is 14.5. The summed E-state index contributed by atoms with van der Waals surface area (Å²) in [5.74, 6) is 1.01. The zero-order chi connectivity index (χ0) is 19.7. The van der Waals surface area contributed by atoms with Gasteiger partial charge in [-0.25, -0.2) is 14.4 Å². The molecular weight excluding hydrogens is 359 g/mol. The van der Waals surface area contributed by atoms with E-state index in [1.54, 1.807) is 18.2 Å². The molecule has 1 spiro atoms. The fourth-order valence-corrected chi connectivity index (χ4v) is 4.21. The van der Waals surface area contributed by atoms with Crippen LogP contribution in [-0.4, -0.2) is 34.6 Å². The van der Waals surface area contributed by atoms with Crippen molar-refractivity contribution in [1.82, 2.24) is 20.6 Å². The minimum Gasteiger partial charge on any atom is -0.494 e. The van der Waals surface area contributed by atoms with Crippen LogP contribution < -0.4 is 15.4 Å². The van der Waals surface area contributed by atoms with E-state index < -0.39 is 0 Å². The molecule has 4 rings (SSSR count). The van der Waals surface area contributed by atoms with E-state index in [4.69, 9.17) is 4.74 Å². The zero-order valence-electron chi connectivity index (χ0n) is 16.2. The molecule has 3 heterocycles. The molecule has 0 radical (unpaired) electrons. The second kappa shape index (κ2) is 7.47. The maximum atomic E-state index is 14.5. The van der Waals surface area contributed by atoms with Crippen LogP contribution in [0.5, 0.6) is 5.75 Å². The van der Waals surface area contributed by atoms with Crippen molar-refractivity contribution >= 4 is 5.91 Å². The van der Waals surface area contributed by atoms with Crippen molar-refractivity contribution in [3.05, 3.63) is 41.6 Å².